The molecule has 1 aromatic rings. The lowest BCUT2D eigenvalue weighted by Gasteiger charge is -2.25. The molecule has 0 saturated carbocycles. The van der Waals surface area contributed by atoms with Gasteiger partial charge in [0, 0.05) is 25.6 Å². The summed E-state index contributed by atoms with van der Waals surface area (Å²) < 4.78 is 0. The van der Waals surface area contributed by atoms with Crippen LogP contribution >= 0.6 is 0 Å². The van der Waals surface area contributed by atoms with E-state index in [1.807, 2.05) is 6.92 Å². The molecule has 0 amide bonds. The average molecular weight is 235 g/mol. The monoisotopic (exact) mass is 235 g/mol. The van der Waals surface area contributed by atoms with Crippen LogP contribution < -0.4 is 10.5 Å². The highest BCUT2D eigenvalue weighted by Crippen LogP contribution is 2.15. The highest BCUT2D eigenvalue weighted by atomic mass is 16.1. The number of rotatable bonds is 2. The minimum absolute atomic E-state index is 0.0334. The van der Waals surface area contributed by atoms with Gasteiger partial charge < -0.3 is 9.88 Å². The van der Waals surface area contributed by atoms with Gasteiger partial charge in [-0.3, -0.25) is 4.79 Å². The van der Waals surface area contributed by atoms with Crippen LogP contribution in [0.5, 0.6) is 0 Å². The standard InChI is InChI=1S/C13H21N3O/c1-2-11-14-12(10-13(17)15-11)16-8-6-4-3-5-7-9-16/h10H,2-9H2,1H3,(H,14,15,17). The molecule has 0 unspecified atom stereocenters. The Labute approximate surface area is 102 Å². The second-order valence-corrected chi connectivity index (χ2v) is 4.66. The lowest BCUT2D eigenvalue weighted by atomic mass is 10.1. The van der Waals surface area contributed by atoms with Gasteiger partial charge in [0.2, 0.25) is 0 Å². The predicted molar refractivity (Wildman–Crippen MR) is 69.5 cm³/mol. The topological polar surface area (TPSA) is 49.0 Å². The molecule has 1 N–H and O–H groups in total. The molecule has 0 radical (unpaired) electrons. The van der Waals surface area contributed by atoms with Crippen molar-refractivity contribution in [2.24, 2.45) is 0 Å². The summed E-state index contributed by atoms with van der Waals surface area (Å²) >= 11 is 0. The van der Waals surface area contributed by atoms with E-state index >= 15 is 0 Å². The molecule has 0 aromatic carbocycles. The van der Waals surface area contributed by atoms with Crippen LogP contribution in [-0.4, -0.2) is 23.1 Å². The van der Waals surface area contributed by atoms with E-state index in [-0.39, 0.29) is 5.56 Å². The van der Waals surface area contributed by atoms with Crippen molar-refractivity contribution in [1.29, 1.82) is 0 Å². The lowest BCUT2D eigenvalue weighted by Crippen LogP contribution is -2.29. The summed E-state index contributed by atoms with van der Waals surface area (Å²) in [5, 5.41) is 0. The van der Waals surface area contributed by atoms with Gasteiger partial charge >= 0.3 is 0 Å². The minimum Gasteiger partial charge on any atom is -0.356 e. The Kier molecular flexibility index (Phi) is 4.18. The van der Waals surface area contributed by atoms with E-state index in [1.54, 1.807) is 6.07 Å². The van der Waals surface area contributed by atoms with Crippen LogP contribution in [0, 0.1) is 0 Å². The van der Waals surface area contributed by atoms with E-state index < -0.39 is 0 Å². The molecule has 0 spiro atoms. The SMILES string of the molecule is CCc1nc(N2CCCCCCC2)cc(=O)[nH]1. The summed E-state index contributed by atoms with van der Waals surface area (Å²) in [5.74, 6) is 1.64. The van der Waals surface area contributed by atoms with Crippen molar-refractivity contribution >= 4 is 5.82 Å². The van der Waals surface area contributed by atoms with Gasteiger partial charge in [-0.25, -0.2) is 4.98 Å². The number of hydrogen-bond donors (Lipinski definition) is 1. The van der Waals surface area contributed by atoms with Crippen molar-refractivity contribution in [3.8, 4) is 0 Å². The van der Waals surface area contributed by atoms with E-state index in [1.165, 1.54) is 32.1 Å². The Morgan fingerprint density at radius 1 is 1.24 bits per heavy atom. The zero-order valence-corrected chi connectivity index (χ0v) is 10.5. The number of hydrogen-bond acceptors (Lipinski definition) is 3. The maximum Gasteiger partial charge on any atom is 0.252 e. The number of nitrogens with one attached hydrogen (secondary N) is 1. The molecule has 0 aliphatic carbocycles. The van der Waals surface area contributed by atoms with Crippen LogP contribution in [0.25, 0.3) is 0 Å². The molecular weight excluding hydrogens is 214 g/mol. The van der Waals surface area contributed by atoms with Crippen LogP contribution in [-0.2, 0) is 6.42 Å². The summed E-state index contributed by atoms with van der Waals surface area (Å²) in [6, 6.07) is 1.63. The Morgan fingerprint density at radius 2 is 1.88 bits per heavy atom. The van der Waals surface area contributed by atoms with Crippen molar-refractivity contribution in [2.75, 3.05) is 18.0 Å². The van der Waals surface area contributed by atoms with Gasteiger partial charge in [0.1, 0.15) is 11.6 Å². The molecular formula is C13H21N3O. The number of nitrogens with zero attached hydrogens (tertiary/aromatic N) is 2. The first kappa shape index (κ1) is 12.1. The molecule has 17 heavy (non-hydrogen) atoms. The maximum absolute atomic E-state index is 11.5. The molecule has 1 fully saturated rings. The van der Waals surface area contributed by atoms with Crippen LogP contribution in [0.4, 0.5) is 5.82 Å². The summed E-state index contributed by atoms with van der Waals surface area (Å²) in [6.07, 6.45) is 7.11. The normalized spacial score (nSPS) is 17.6. The fourth-order valence-electron chi connectivity index (χ4n) is 2.30. The number of aromatic amines is 1. The van der Waals surface area contributed by atoms with E-state index in [4.69, 9.17) is 0 Å². The van der Waals surface area contributed by atoms with Crippen LogP contribution in [0.1, 0.15) is 44.9 Å². The second-order valence-electron chi connectivity index (χ2n) is 4.66. The first-order valence-corrected chi connectivity index (χ1v) is 6.65. The largest absolute Gasteiger partial charge is 0.356 e. The van der Waals surface area contributed by atoms with E-state index in [0.717, 1.165) is 31.2 Å². The fourth-order valence-corrected chi connectivity index (χ4v) is 2.30. The van der Waals surface area contributed by atoms with Crippen LogP contribution in [0.2, 0.25) is 0 Å². The maximum atomic E-state index is 11.5. The van der Waals surface area contributed by atoms with Crippen molar-refractivity contribution < 1.29 is 0 Å². The molecule has 4 heteroatoms. The highest BCUT2D eigenvalue weighted by molar-refractivity contribution is 5.37. The van der Waals surface area contributed by atoms with Crippen molar-refractivity contribution in [3.63, 3.8) is 0 Å². The molecule has 1 aliphatic heterocycles. The van der Waals surface area contributed by atoms with Gasteiger partial charge in [-0.1, -0.05) is 26.2 Å². The summed E-state index contributed by atoms with van der Waals surface area (Å²) in [4.78, 5) is 21.1. The Morgan fingerprint density at radius 3 is 2.53 bits per heavy atom. The van der Waals surface area contributed by atoms with Gasteiger partial charge in [-0.05, 0) is 12.8 Å². The van der Waals surface area contributed by atoms with Crippen LogP contribution in [0.15, 0.2) is 10.9 Å². The molecule has 1 saturated heterocycles. The van der Waals surface area contributed by atoms with Gasteiger partial charge in [-0.15, -0.1) is 0 Å². The molecule has 2 heterocycles. The molecule has 1 aromatic heterocycles. The predicted octanol–water partition coefficient (Wildman–Crippen LogP) is 2.10. The molecule has 2 rings (SSSR count). The Balaban J connectivity index is 2.18. The summed E-state index contributed by atoms with van der Waals surface area (Å²) in [5.41, 5.74) is -0.0334. The van der Waals surface area contributed by atoms with E-state index in [9.17, 15) is 4.79 Å². The number of anilines is 1. The van der Waals surface area contributed by atoms with Gasteiger partial charge in [0.05, 0.1) is 0 Å². The quantitative estimate of drug-likeness (QED) is 0.854. The smallest absolute Gasteiger partial charge is 0.252 e. The van der Waals surface area contributed by atoms with Gasteiger partial charge in [0.25, 0.3) is 5.56 Å². The Hall–Kier alpha value is -1.32. The second kappa shape index (κ2) is 5.84. The molecule has 1 aliphatic rings. The zero-order valence-electron chi connectivity index (χ0n) is 10.5. The number of H-pyrrole nitrogens is 1. The first-order valence-electron chi connectivity index (χ1n) is 6.65. The van der Waals surface area contributed by atoms with E-state index in [2.05, 4.69) is 14.9 Å². The molecule has 94 valence electrons. The van der Waals surface area contributed by atoms with Crippen molar-refractivity contribution in [3.05, 3.63) is 22.2 Å². The molecule has 4 nitrogen and oxygen atoms in total. The van der Waals surface area contributed by atoms with Crippen LogP contribution in [0.3, 0.4) is 0 Å². The number of aromatic nitrogens is 2. The minimum atomic E-state index is -0.0334. The average Bonchev–Trinajstić information content (AvgIpc) is 2.27. The lowest BCUT2D eigenvalue weighted by molar-refractivity contribution is 0.553. The summed E-state index contributed by atoms with van der Waals surface area (Å²) in [7, 11) is 0. The fraction of sp³-hybridized carbons (Fsp3) is 0.692. The third kappa shape index (κ3) is 3.32. The molecule has 0 atom stereocenters. The summed E-state index contributed by atoms with van der Waals surface area (Å²) in [6.45, 7) is 4.06. The highest BCUT2D eigenvalue weighted by Gasteiger charge is 2.11. The van der Waals surface area contributed by atoms with E-state index in [0.29, 0.717) is 0 Å². The zero-order chi connectivity index (χ0) is 12.1. The van der Waals surface area contributed by atoms with Crippen molar-refractivity contribution in [2.45, 2.75) is 45.4 Å². The molecule has 0 bridgehead atoms. The first-order chi connectivity index (χ1) is 8.29. The van der Waals surface area contributed by atoms with Crippen molar-refractivity contribution in [1.82, 2.24) is 9.97 Å². The third-order valence-corrected chi connectivity index (χ3v) is 3.29. The number of aryl methyl sites for hydroxylation is 1. The Bertz CT molecular complexity index is 405. The third-order valence-electron chi connectivity index (χ3n) is 3.29. The van der Waals surface area contributed by atoms with Gasteiger partial charge in [-0.2, -0.15) is 0 Å². The van der Waals surface area contributed by atoms with Gasteiger partial charge in [0.15, 0.2) is 0 Å².